The van der Waals surface area contributed by atoms with Gasteiger partial charge in [-0.15, -0.1) is 0 Å². The lowest BCUT2D eigenvalue weighted by atomic mass is 9.98. The molecular weight excluding hydrogens is 326 g/mol. The lowest BCUT2D eigenvalue weighted by molar-refractivity contribution is -0.384. The molecule has 0 bridgehead atoms. The van der Waals surface area contributed by atoms with E-state index < -0.39 is 4.92 Å². The number of rotatable bonds is 3. The largest absolute Gasteiger partial charge is 0.270 e. The highest BCUT2D eigenvalue weighted by molar-refractivity contribution is 9.09. The van der Waals surface area contributed by atoms with Crippen molar-refractivity contribution in [1.29, 1.82) is 0 Å². The number of nitrogens with zero attached hydrogens (tertiary/aromatic N) is 1. The van der Waals surface area contributed by atoms with Gasteiger partial charge in [-0.1, -0.05) is 33.6 Å². The van der Waals surface area contributed by atoms with Gasteiger partial charge in [-0.3, -0.25) is 10.1 Å². The average Bonchev–Trinajstić information content (AvgIpc) is 2.67. The van der Waals surface area contributed by atoms with E-state index in [0.717, 1.165) is 23.5 Å². The quantitative estimate of drug-likeness (QED) is 0.477. The Kier molecular flexibility index (Phi) is 4.33. The molecule has 3 nitrogen and oxygen atoms in total. The predicted octanol–water partition coefficient (Wildman–Crippen LogP) is 3.92. The lowest BCUT2D eigenvalue weighted by Crippen LogP contribution is -2.14. The van der Waals surface area contributed by atoms with Gasteiger partial charge in [0, 0.05) is 22.7 Å². The van der Waals surface area contributed by atoms with Crippen molar-refractivity contribution < 1.29 is 4.92 Å². The van der Waals surface area contributed by atoms with Crippen LogP contribution >= 0.6 is 39.3 Å². The molecule has 1 fully saturated rings. The smallest absolute Gasteiger partial charge is 0.258 e. The second kappa shape index (κ2) is 5.59. The molecule has 2 rings (SSSR count). The molecule has 1 aromatic carbocycles. The van der Waals surface area contributed by atoms with Crippen molar-refractivity contribution in [2.75, 3.05) is 11.5 Å². The van der Waals surface area contributed by atoms with E-state index in [-0.39, 0.29) is 5.69 Å². The van der Waals surface area contributed by atoms with E-state index in [1.165, 1.54) is 12.1 Å². The molecule has 0 radical (unpaired) electrons. The normalized spacial score (nSPS) is 23.9. The topological polar surface area (TPSA) is 43.1 Å². The fourth-order valence-electron chi connectivity index (χ4n) is 1.86. The van der Waals surface area contributed by atoms with Crippen LogP contribution in [-0.2, 0) is 6.42 Å². The minimum Gasteiger partial charge on any atom is -0.258 e. The fraction of sp³-hybridized carbons (Fsp3) is 0.455. The van der Waals surface area contributed by atoms with Gasteiger partial charge in [0.25, 0.3) is 5.69 Å². The Morgan fingerprint density at radius 1 is 1.53 bits per heavy atom. The Balaban J connectivity index is 2.14. The van der Waals surface area contributed by atoms with Crippen molar-refractivity contribution in [3.63, 3.8) is 0 Å². The third kappa shape index (κ3) is 3.14. The summed E-state index contributed by atoms with van der Waals surface area (Å²) in [6.07, 6.45) is 0.875. The summed E-state index contributed by atoms with van der Waals surface area (Å²) >= 11 is 11.7. The number of nitro benzene ring substituents is 1. The van der Waals surface area contributed by atoms with Gasteiger partial charge in [-0.05, 0) is 23.7 Å². The highest BCUT2D eigenvalue weighted by Gasteiger charge is 2.26. The summed E-state index contributed by atoms with van der Waals surface area (Å²) in [5.74, 6) is 2.79. The van der Waals surface area contributed by atoms with Crippen LogP contribution in [0.3, 0.4) is 0 Å². The van der Waals surface area contributed by atoms with E-state index in [2.05, 4.69) is 15.9 Å². The third-order valence-corrected chi connectivity index (χ3v) is 5.96. The van der Waals surface area contributed by atoms with Crippen molar-refractivity contribution in [1.82, 2.24) is 0 Å². The van der Waals surface area contributed by atoms with E-state index >= 15 is 0 Å². The van der Waals surface area contributed by atoms with Crippen LogP contribution in [0.15, 0.2) is 18.2 Å². The zero-order valence-corrected chi connectivity index (χ0v) is 12.1. The van der Waals surface area contributed by atoms with Crippen LogP contribution in [0, 0.1) is 16.0 Å². The number of hydrogen-bond donors (Lipinski definition) is 0. The second-order valence-electron chi connectivity index (χ2n) is 4.05. The number of benzene rings is 1. The summed E-state index contributed by atoms with van der Waals surface area (Å²) in [7, 11) is 0. The van der Waals surface area contributed by atoms with Gasteiger partial charge >= 0.3 is 0 Å². The van der Waals surface area contributed by atoms with Crippen LogP contribution in [0.2, 0.25) is 5.02 Å². The van der Waals surface area contributed by atoms with Crippen molar-refractivity contribution in [2.45, 2.75) is 11.2 Å². The van der Waals surface area contributed by atoms with Gasteiger partial charge in [0.2, 0.25) is 0 Å². The highest BCUT2D eigenvalue weighted by Crippen LogP contribution is 2.34. The zero-order chi connectivity index (χ0) is 12.4. The number of nitro groups is 1. The summed E-state index contributed by atoms with van der Waals surface area (Å²) in [4.78, 5) is 10.7. The first-order valence-electron chi connectivity index (χ1n) is 5.22. The van der Waals surface area contributed by atoms with Gasteiger partial charge < -0.3 is 0 Å². The molecule has 0 amide bonds. The molecule has 92 valence electrons. The van der Waals surface area contributed by atoms with Crippen LogP contribution in [0.5, 0.6) is 0 Å². The summed E-state index contributed by atoms with van der Waals surface area (Å²) < 4.78 is 0. The molecule has 0 N–H and O–H groups in total. The van der Waals surface area contributed by atoms with Gasteiger partial charge in [0.05, 0.1) is 9.95 Å². The number of alkyl halides is 1. The molecule has 1 aliphatic rings. The van der Waals surface area contributed by atoms with E-state index in [4.69, 9.17) is 11.6 Å². The molecule has 0 saturated carbocycles. The maximum atomic E-state index is 10.6. The van der Waals surface area contributed by atoms with Gasteiger partial charge in [-0.25, -0.2) is 0 Å². The maximum Gasteiger partial charge on any atom is 0.270 e. The number of non-ortho nitro benzene ring substituents is 1. The summed E-state index contributed by atoms with van der Waals surface area (Å²) in [6.45, 7) is 0. The predicted molar refractivity (Wildman–Crippen MR) is 75.3 cm³/mol. The first kappa shape index (κ1) is 13.2. The SMILES string of the molecule is O=[N+]([O-])c1ccc(CC2CSCC2Br)c(Cl)c1. The molecule has 0 spiro atoms. The van der Waals surface area contributed by atoms with E-state index in [9.17, 15) is 10.1 Å². The summed E-state index contributed by atoms with van der Waals surface area (Å²) in [6, 6.07) is 4.72. The van der Waals surface area contributed by atoms with Crippen molar-refractivity contribution in [2.24, 2.45) is 5.92 Å². The minimum absolute atomic E-state index is 0.0509. The van der Waals surface area contributed by atoms with E-state index in [0.29, 0.717) is 15.8 Å². The molecule has 1 aromatic rings. The zero-order valence-electron chi connectivity index (χ0n) is 8.94. The first-order valence-corrected chi connectivity index (χ1v) is 7.67. The number of thioether (sulfide) groups is 1. The molecule has 2 atom stereocenters. The molecule has 0 aliphatic carbocycles. The standard InChI is InChI=1S/C11H11BrClNO2S/c12-10-6-17-5-8(10)3-7-1-2-9(14(15)16)4-11(7)13/h1-2,4,8,10H,3,5-6H2. The van der Waals surface area contributed by atoms with Crippen LogP contribution in [0.25, 0.3) is 0 Å². The van der Waals surface area contributed by atoms with Crippen LogP contribution < -0.4 is 0 Å². The summed E-state index contributed by atoms with van der Waals surface area (Å²) in [5, 5.41) is 11.1. The molecule has 1 heterocycles. The van der Waals surface area contributed by atoms with E-state index in [1.54, 1.807) is 6.07 Å². The Labute approximate surface area is 117 Å². The van der Waals surface area contributed by atoms with Gasteiger partial charge in [-0.2, -0.15) is 11.8 Å². The fourth-order valence-corrected chi connectivity index (χ4v) is 4.58. The van der Waals surface area contributed by atoms with Gasteiger partial charge in [0.15, 0.2) is 0 Å². The van der Waals surface area contributed by atoms with Gasteiger partial charge in [0.1, 0.15) is 0 Å². The minimum atomic E-state index is -0.422. The van der Waals surface area contributed by atoms with E-state index in [1.807, 2.05) is 11.8 Å². The molecule has 1 saturated heterocycles. The lowest BCUT2D eigenvalue weighted by Gasteiger charge is -2.13. The van der Waals surface area contributed by atoms with Crippen molar-refractivity contribution in [3.8, 4) is 0 Å². The Bertz CT molecular complexity index is 443. The molecule has 2 unspecified atom stereocenters. The Hall–Kier alpha value is -0.260. The van der Waals surface area contributed by atoms with Crippen LogP contribution in [0.4, 0.5) is 5.69 Å². The van der Waals surface area contributed by atoms with Crippen molar-refractivity contribution >= 4 is 45.0 Å². The first-order chi connectivity index (χ1) is 8.08. The monoisotopic (exact) mass is 335 g/mol. The summed E-state index contributed by atoms with van der Waals surface area (Å²) in [5.41, 5.74) is 1.05. The molecule has 17 heavy (non-hydrogen) atoms. The molecule has 1 aliphatic heterocycles. The second-order valence-corrected chi connectivity index (χ2v) is 6.71. The molecule has 6 heteroatoms. The maximum absolute atomic E-state index is 10.6. The van der Waals surface area contributed by atoms with Crippen LogP contribution in [-0.4, -0.2) is 21.3 Å². The number of hydrogen-bond acceptors (Lipinski definition) is 3. The number of halogens is 2. The molecule has 0 aromatic heterocycles. The molecular formula is C11H11BrClNO2S. The Morgan fingerprint density at radius 2 is 2.29 bits per heavy atom. The van der Waals surface area contributed by atoms with Crippen molar-refractivity contribution in [3.05, 3.63) is 38.9 Å². The highest BCUT2D eigenvalue weighted by atomic mass is 79.9. The third-order valence-electron chi connectivity index (χ3n) is 2.85. The average molecular weight is 337 g/mol. The Morgan fingerprint density at radius 3 is 2.82 bits per heavy atom. The van der Waals surface area contributed by atoms with Crippen LogP contribution in [0.1, 0.15) is 5.56 Å².